The maximum Gasteiger partial charge on any atom is 0.275 e. The van der Waals surface area contributed by atoms with Gasteiger partial charge in [-0.15, -0.1) is 11.3 Å². The summed E-state index contributed by atoms with van der Waals surface area (Å²) in [5.74, 6) is -0.247. The summed E-state index contributed by atoms with van der Waals surface area (Å²) in [4.78, 5) is 18.3. The van der Waals surface area contributed by atoms with Gasteiger partial charge in [-0.2, -0.15) is 0 Å². The van der Waals surface area contributed by atoms with Crippen molar-refractivity contribution in [3.05, 3.63) is 39.3 Å². The Hall–Kier alpha value is -1.63. The summed E-state index contributed by atoms with van der Waals surface area (Å²) >= 11 is 7.62. The van der Waals surface area contributed by atoms with Crippen molar-refractivity contribution < 1.29 is 4.79 Å². The number of hydrogen-bond donors (Lipinski definition) is 2. The maximum atomic E-state index is 12.1. The van der Waals surface area contributed by atoms with Crippen LogP contribution in [0.5, 0.6) is 0 Å². The molecule has 0 saturated carbocycles. The SMILES string of the molecule is CN(C)c1ccc(NC(=O)c2csc(CCN)n2)cc1Cl. The fourth-order valence-electron chi connectivity index (χ4n) is 1.80. The van der Waals surface area contributed by atoms with Gasteiger partial charge in [0.25, 0.3) is 5.91 Å². The zero-order valence-corrected chi connectivity index (χ0v) is 13.5. The summed E-state index contributed by atoms with van der Waals surface area (Å²) in [6.45, 7) is 0.524. The third-order valence-corrected chi connectivity index (χ3v) is 4.04. The largest absolute Gasteiger partial charge is 0.376 e. The quantitative estimate of drug-likeness (QED) is 0.887. The lowest BCUT2D eigenvalue weighted by atomic mass is 10.2. The van der Waals surface area contributed by atoms with Crippen LogP contribution in [0.25, 0.3) is 0 Å². The van der Waals surface area contributed by atoms with Gasteiger partial charge in [0.1, 0.15) is 5.69 Å². The Morgan fingerprint density at radius 2 is 2.24 bits per heavy atom. The van der Waals surface area contributed by atoms with Gasteiger partial charge in [0.15, 0.2) is 0 Å². The van der Waals surface area contributed by atoms with Gasteiger partial charge in [-0.05, 0) is 24.7 Å². The van der Waals surface area contributed by atoms with Gasteiger partial charge in [0.2, 0.25) is 0 Å². The number of anilines is 2. The monoisotopic (exact) mass is 324 g/mol. The van der Waals surface area contributed by atoms with E-state index in [1.165, 1.54) is 11.3 Å². The average molecular weight is 325 g/mol. The van der Waals surface area contributed by atoms with Crippen LogP contribution in [-0.2, 0) is 6.42 Å². The first-order valence-corrected chi connectivity index (χ1v) is 7.69. The first-order chi connectivity index (χ1) is 10.0. The number of amides is 1. The van der Waals surface area contributed by atoms with Gasteiger partial charge in [0.05, 0.1) is 15.7 Å². The van der Waals surface area contributed by atoms with E-state index in [-0.39, 0.29) is 5.91 Å². The normalized spacial score (nSPS) is 10.5. The lowest BCUT2D eigenvalue weighted by molar-refractivity contribution is 0.102. The number of rotatable bonds is 5. The number of aromatic nitrogens is 1. The summed E-state index contributed by atoms with van der Waals surface area (Å²) in [7, 11) is 3.82. The van der Waals surface area contributed by atoms with Crippen molar-refractivity contribution >= 4 is 40.2 Å². The van der Waals surface area contributed by atoms with Crippen LogP contribution in [0.1, 0.15) is 15.5 Å². The summed E-state index contributed by atoms with van der Waals surface area (Å²) in [5.41, 5.74) is 7.41. The molecular formula is C14H17ClN4OS. The minimum atomic E-state index is -0.247. The van der Waals surface area contributed by atoms with Crippen molar-refractivity contribution in [2.45, 2.75) is 6.42 Å². The van der Waals surface area contributed by atoms with Gasteiger partial charge in [-0.3, -0.25) is 4.79 Å². The van der Waals surface area contributed by atoms with Gasteiger partial charge < -0.3 is 16.0 Å². The van der Waals surface area contributed by atoms with Crippen LogP contribution in [0, 0.1) is 0 Å². The maximum absolute atomic E-state index is 12.1. The van der Waals surface area contributed by atoms with Crippen LogP contribution >= 0.6 is 22.9 Å². The molecule has 0 aliphatic carbocycles. The Morgan fingerprint density at radius 3 is 2.86 bits per heavy atom. The molecule has 0 fully saturated rings. The molecule has 1 aromatic carbocycles. The van der Waals surface area contributed by atoms with E-state index in [2.05, 4.69) is 10.3 Å². The summed E-state index contributed by atoms with van der Waals surface area (Å²) in [6.07, 6.45) is 0.682. The van der Waals surface area contributed by atoms with E-state index >= 15 is 0 Å². The first-order valence-electron chi connectivity index (χ1n) is 6.44. The molecule has 2 rings (SSSR count). The molecule has 0 unspecified atom stereocenters. The molecule has 0 atom stereocenters. The number of hydrogen-bond acceptors (Lipinski definition) is 5. The van der Waals surface area contributed by atoms with Gasteiger partial charge in [0, 0.05) is 31.6 Å². The highest BCUT2D eigenvalue weighted by Crippen LogP contribution is 2.27. The van der Waals surface area contributed by atoms with Crippen molar-refractivity contribution in [3.63, 3.8) is 0 Å². The fraction of sp³-hybridized carbons (Fsp3) is 0.286. The fourth-order valence-corrected chi connectivity index (χ4v) is 2.94. The zero-order chi connectivity index (χ0) is 15.4. The molecule has 5 nitrogen and oxygen atoms in total. The van der Waals surface area contributed by atoms with E-state index in [9.17, 15) is 4.79 Å². The van der Waals surface area contributed by atoms with E-state index in [4.69, 9.17) is 17.3 Å². The molecule has 21 heavy (non-hydrogen) atoms. The lowest BCUT2D eigenvalue weighted by Crippen LogP contribution is -2.13. The Balaban J connectivity index is 2.10. The van der Waals surface area contributed by atoms with E-state index < -0.39 is 0 Å². The highest BCUT2D eigenvalue weighted by Gasteiger charge is 2.12. The Kier molecular flexibility index (Phi) is 5.17. The topological polar surface area (TPSA) is 71.2 Å². The highest BCUT2D eigenvalue weighted by atomic mass is 35.5. The summed E-state index contributed by atoms with van der Waals surface area (Å²) in [5, 5.41) is 5.97. The summed E-state index contributed by atoms with van der Waals surface area (Å²) in [6, 6.07) is 5.40. The molecule has 0 aliphatic heterocycles. The number of nitrogens with two attached hydrogens (primary N) is 1. The van der Waals surface area contributed by atoms with E-state index in [0.29, 0.717) is 29.4 Å². The number of benzene rings is 1. The average Bonchev–Trinajstić information content (AvgIpc) is 2.87. The molecule has 0 aliphatic rings. The first kappa shape index (κ1) is 15.8. The second-order valence-corrected chi connectivity index (χ2v) is 6.03. The van der Waals surface area contributed by atoms with Crippen molar-refractivity contribution in [1.82, 2.24) is 4.98 Å². The van der Waals surface area contributed by atoms with Crippen LogP contribution in [0.15, 0.2) is 23.6 Å². The minimum absolute atomic E-state index is 0.247. The zero-order valence-electron chi connectivity index (χ0n) is 11.9. The second-order valence-electron chi connectivity index (χ2n) is 4.68. The molecular weight excluding hydrogens is 308 g/mol. The van der Waals surface area contributed by atoms with E-state index in [1.54, 1.807) is 11.4 Å². The number of nitrogens with zero attached hydrogens (tertiary/aromatic N) is 2. The summed E-state index contributed by atoms with van der Waals surface area (Å²) < 4.78 is 0. The minimum Gasteiger partial charge on any atom is -0.376 e. The Morgan fingerprint density at radius 1 is 1.48 bits per heavy atom. The molecule has 0 radical (unpaired) electrons. The molecule has 1 aromatic heterocycles. The molecule has 3 N–H and O–H groups in total. The predicted molar refractivity (Wildman–Crippen MR) is 88.6 cm³/mol. The second kappa shape index (κ2) is 6.89. The van der Waals surface area contributed by atoms with Crippen molar-refractivity contribution in [2.24, 2.45) is 5.73 Å². The van der Waals surface area contributed by atoms with Gasteiger partial charge >= 0.3 is 0 Å². The molecule has 0 spiro atoms. The third kappa shape index (κ3) is 3.93. The van der Waals surface area contributed by atoms with Crippen LogP contribution < -0.4 is 16.0 Å². The molecule has 2 aromatic rings. The molecule has 7 heteroatoms. The number of nitrogens with one attached hydrogen (secondary N) is 1. The van der Waals surface area contributed by atoms with Crippen LogP contribution in [0.3, 0.4) is 0 Å². The molecule has 0 saturated heterocycles. The molecule has 1 amide bonds. The van der Waals surface area contributed by atoms with Crippen LogP contribution in [0.4, 0.5) is 11.4 Å². The predicted octanol–water partition coefficient (Wildman–Crippen LogP) is 2.62. The number of thiazole rings is 1. The van der Waals surface area contributed by atoms with Crippen molar-refractivity contribution in [2.75, 3.05) is 30.9 Å². The number of carbonyl (C=O) groups excluding carboxylic acids is 1. The Bertz CT molecular complexity index is 642. The van der Waals surface area contributed by atoms with E-state index in [0.717, 1.165) is 10.7 Å². The lowest BCUT2D eigenvalue weighted by Gasteiger charge is -2.15. The van der Waals surface area contributed by atoms with Crippen LogP contribution in [-0.4, -0.2) is 31.5 Å². The van der Waals surface area contributed by atoms with Crippen molar-refractivity contribution in [1.29, 1.82) is 0 Å². The molecule has 112 valence electrons. The molecule has 0 bridgehead atoms. The van der Waals surface area contributed by atoms with E-state index in [1.807, 2.05) is 31.1 Å². The van der Waals surface area contributed by atoms with Crippen LogP contribution in [0.2, 0.25) is 5.02 Å². The number of carbonyl (C=O) groups is 1. The standard InChI is InChI=1S/C14H17ClN4OS/c1-19(2)12-4-3-9(7-10(12)15)17-14(20)11-8-21-13(18-11)5-6-16/h3-4,7-8H,5-6,16H2,1-2H3,(H,17,20). The number of halogens is 1. The highest BCUT2D eigenvalue weighted by molar-refractivity contribution is 7.09. The smallest absolute Gasteiger partial charge is 0.275 e. The third-order valence-electron chi connectivity index (χ3n) is 2.83. The van der Waals surface area contributed by atoms with Gasteiger partial charge in [-0.25, -0.2) is 4.98 Å². The Labute approximate surface area is 132 Å². The van der Waals surface area contributed by atoms with Gasteiger partial charge in [-0.1, -0.05) is 11.6 Å². The molecule has 1 heterocycles. The van der Waals surface area contributed by atoms with Crippen molar-refractivity contribution in [3.8, 4) is 0 Å².